The number of hydrogen-bond acceptors (Lipinski definition) is 4. The van der Waals surface area contributed by atoms with E-state index in [1.807, 2.05) is 42.5 Å². The lowest BCUT2D eigenvalue weighted by atomic mass is 10.1. The highest BCUT2D eigenvalue weighted by Crippen LogP contribution is 2.14. The van der Waals surface area contributed by atoms with Crippen LogP contribution in [-0.2, 0) is 11.2 Å². The number of esters is 1. The van der Waals surface area contributed by atoms with Crippen LogP contribution in [0.15, 0.2) is 54.6 Å². The molecule has 0 spiro atoms. The first-order chi connectivity index (χ1) is 10.7. The monoisotopic (exact) mass is 299 g/mol. The van der Waals surface area contributed by atoms with Gasteiger partial charge in [-0.25, -0.2) is 4.79 Å². The smallest absolute Gasteiger partial charge is 0.328 e. The maximum atomic E-state index is 11.9. The SMILES string of the molecule is COc1ccc(CCCC(N)C(=O)Oc2ccccc2)cc1. The second-order valence-corrected chi connectivity index (χ2v) is 5.08. The van der Waals surface area contributed by atoms with E-state index in [2.05, 4.69) is 0 Å². The Morgan fingerprint density at radius 2 is 1.73 bits per heavy atom. The van der Waals surface area contributed by atoms with Gasteiger partial charge in [0.25, 0.3) is 0 Å². The van der Waals surface area contributed by atoms with Gasteiger partial charge in [0.15, 0.2) is 0 Å². The van der Waals surface area contributed by atoms with E-state index in [-0.39, 0.29) is 5.97 Å². The fourth-order valence-electron chi connectivity index (χ4n) is 2.12. The Bertz CT molecular complexity index is 581. The minimum absolute atomic E-state index is 0.388. The van der Waals surface area contributed by atoms with Gasteiger partial charge in [-0.1, -0.05) is 30.3 Å². The summed E-state index contributed by atoms with van der Waals surface area (Å²) in [7, 11) is 1.65. The number of nitrogens with two attached hydrogens (primary N) is 1. The average Bonchev–Trinajstić information content (AvgIpc) is 2.56. The third-order valence-corrected chi connectivity index (χ3v) is 3.40. The number of hydrogen-bond donors (Lipinski definition) is 1. The Labute approximate surface area is 130 Å². The van der Waals surface area contributed by atoms with Crippen molar-refractivity contribution in [1.82, 2.24) is 0 Å². The molecule has 0 amide bonds. The molecule has 0 aromatic heterocycles. The van der Waals surface area contributed by atoms with Crippen molar-refractivity contribution >= 4 is 5.97 Å². The fourth-order valence-corrected chi connectivity index (χ4v) is 2.12. The molecule has 4 nitrogen and oxygen atoms in total. The predicted octanol–water partition coefficient (Wildman–Crippen LogP) is 2.95. The molecule has 2 aromatic rings. The molecule has 0 radical (unpaired) electrons. The third kappa shape index (κ3) is 4.90. The lowest BCUT2D eigenvalue weighted by Gasteiger charge is -2.11. The number of aryl methyl sites for hydroxylation is 1. The zero-order chi connectivity index (χ0) is 15.8. The van der Waals surface area contributed by atoms with E-state index in [9.17, 15) is 4.79 Å². The quantitative estimate of drug-likeness (QED) is 0.631. The van der Waals surface area contributed by atoms with Gasteiger partial charge in [0.05, 0.1) is 7.11 Å². The lowest BCUT2D eigenvalue weighted by molar-refractivity contribution is -0.136. The average molecular weight is 299 g/mol. The Hall–Kier alpha value is -2.33. The van der Waals surface area contributed by atoms with Gasteiger partial charge >= 0.3 is 5.97 Å². The summed E-state index contributed by atoms with van der Waals surface area (Å²) < 4.78 is 10.3. The molecule has 0 heterocycles. The molecule has 0 aliphatic heterocycles. The van der Waals surface area contributed by atoms with Crippen LogP contribution in [0, 0.1) is 0 Å². The Balaban J connectivity index is 1.74. The Morgan fingerprint density at radius 1 is 1.05 bits per heavy atom. The summed E-state index contributed by atoms with van der Waals surface area (Å²) in [5.41, 5.74) is 7.08. The summed E-state index contributed by atoms with van der Waals surface area (Å²) in [4.78, 5) is 11.9. The normalized spacial score (nSPS) is 11.7. The molecule has 0 saturated carbocycles. The van der Waals surface area contributed by atoms with Crippen LogP contribution >= 0.6 is 0 Å². The largest absolute Gasteiger partial charge is 0.497 e. The topological polar surface area (TPSA) is 61.5 Å². The highest BCUT2D eigenvalue weighted by molar-refractivity contribution is 5.77. The minimum atomic E-state index is -0.599. The van der Waals surface area contributed by atoms with Crippen LogP contribution < -0.4 is 15.2 Å². The van der Waals surface area contributed by atoms with Crippen molar-refractivity contribution in [1.29, 1.82) is 0 Å². The highest BCUT2D eigenvalue weighted by atomic mass is 16.5. The summed E-state index contributed by atoms with van der Waals surface area (Å²) in [6.07, 6.45) is 2.30. The van der Waals surface area contributed by atoms with Gasteiger partial charge in [-0.2, -0.15) is 0 Å². The van der Waals surface area contributed by atoms with Crippen LogP contribution in [0.3, 0.4) is 0 Å². The van der Waals surface area contributed by atoms with Crippen molar-refractivity contribution in [3.8, 4) is 11.5 Å². The first-order valence-corrected chi connectivity index (χ1v) is 7.34. The van der Waals surface area contributed by atoms with Crippen molar-refractivity contribution in [3.63, 3.8) is 0 Å². The van der Waals surface area contributed by atoms with Crippen LogP contribution in [0.2, 0.25) is 0 Å². The molecule has 116 valence electrons. The van der Waals surface area contributed by atoms with Gasteiger partial charge in [-0.05, 0) is 49.1 Å². The molecule has 2 rings (SSSR count). The third-order valence-electron chi connectivity index (χ3n) is 3.40. The molecule has 1 unspecified atom stereocenters. The summed E-state index contributed by atoms with van der Waals surface area (Å²) in [5, 5.41) is 0. The lowest BCUT2D eigenvalue weighted by Crippen LogP contribution is -2.34. The molecule has 0 aliphatic carbocycles. The van der Waals surface area contributed by atoms with E-state index in [1.165, 1.54) is 5.56 Å². The molecule has 22 heavy (non-hydrogen) atoms. The number of carbonyl (C=O) groups is 1. The summed E-state index contributed by atoms with van der Waals surface area (Å²) in [5.74, 6) is 0.978. The van der Waals surface area contributed by atoms with E-state index in [0.29, 0.717) is 12.2 Å². The number of carbonyl (C=O) groups excluding carboxylic acids is 1. The molecule has 0 aliphatic rings. The zero-order valence-electron chi connectivity index (χ0n) is 12.7. The van der Waals surface area contributed by atoms with E-state index < -0.39 is 6.04 Å². The second kappa shape index (κ2) is 8.20. The Kier molecular flexibility index (Phi) is 5.98. The van der Waals surface area contributed by atoms with Crippen molar-refractivity contribution in [2.24, 2.45) is 5.73 Å². The van der Waals surface area contributed by atoms with E-state index in [4.69, 9.17) is 15.2 Å². The number of methoxy groups -OCH3 is 1. The molecular formula is C18H21NO3. The maximum absolute atomic E-state index is 11.9. The number of para-hydroxylation sites is 1. The maximum Gasteiger partial charge on any atom is 0.328 e. The van der Waals surface area contributed by atoms with Gasteiger partial charge in [-0.3, -0.25) is 0 Å². The molecule has 2 aromatic carbocycles. The highest BCUT2D eigenvalue weighted by Gasteiger charge is 2.15. The minimum Gasteiger partial charge on any atom is -0.497 e. The molecule has 0 saturated heterocycles. The molecule has 0 bridgehead atoms. The summed E-state index contributed by atoms with van der Waals surface area (Å²) in [6.45, 7) is 0. The molecule has 2 N–H and O–H groups in total. The van der Waals surface area contributed by atoms with E-state index in [0.717, 1.165) is 18.6 Å². The van der Waals surface area contributed by atoms with Crippen LogP contribution in [-0.4, -0.2) is 19.1 Å². The molecule has 0 fully saturated rings. The summed E-state index contributed by atoms with van der Waals surface area (Å²) in [6, 6.07) is 16.3. The van der Waals surface area contributed by atoms with Gasteiger partial charge in [0.1, 0.15) is 17.5 Å². The van der Waals surface area contributed by atoms with Crippen molar-refractivity contribution in [2.45, 2.75) is 25.3 Å². The van der Waals surface area contributed by atoms with Crippen molar-refractivity contribution in [3.05, 3.63) is 60.2 Å². The Morgan fingerprint density at radius 3 is 2.36 bits per heavy atom. The van der Waals surface area contributed by atoms with Crippen LogP contribution in [0.5, 0.6) is 11.5 Å². The number of ether oxygens (including phenoxy) is 2. The number of benzene rings is 2. The second-order valence-electron chi connectivity index (χ2n) is 5.08. The first-order valence-electron chi connectivity index (χ1n) is 7.34. The molecular weight excluding hydrogens is 278 g/mol. The fraction of sp³-hybridized carbons (Fsp3) is 0.278. The van der Waals surface area contributed by atoms with Gasteiger partial charge in [0.2, 0.25) is 0 Å². The van der Waals surface area contributed by atoms with Crippen molar-refractivity contribution < 1.29 is 14.3 Å². The van der Waals surface area contributed by atoms with E-state index in [1.54, 1.807) is 19.2 Å². The van der Waals surface area contributed by atoms with Gasteiger partial charge < -0.3 is 15.2 Å². The van der Waals surface area contributed by atoms with Crippen molar-refractivity contribution in [2.75, 3.05) is 7.11 Å². The number of rotatable bonds is 7. The first kappa shape index (κ1) is 16.0. The standard InChI is InChI=1S/C18H21NO3/c1-21-15-12-10-14(11-13-15)6-5-9-17(19)18(20)22-16-7-3-2-4-8-16/h2-4,7-8,10-13,17H,5-6,9,19H2,1H3. The summed E-state index contributed by atoms with van der Waals surface area (Å²) >= 11 is 0. The van der Waals surface area contributed by atoms with Crippen LogP contribution in [0.4, 0.5) is 0 Å². The predicted molar refractivity (Wildman–Crippen MR) is 86.0 cm³/mol. The van der Waals surface area contributed by atoms with Crippen LogP contribution in [0.25, 0.3) is 0 Å². The van der Waals surface area contributed by atoms with Crippen LogP contribution in [0.1, 0.15) is 18.4 Å². The van der Waals surface area contributed by atoms with Gasteiger partial charge in [0, 0.05) is 0 Å². The molecule has 4 heteroatoms. The van der Waals surface area contributed by atoms with Gasteiger partial charge in [-0.15, -0.1) is 0 Å². The zero-order valence-corrected chi connectivity index (χ0v) is 12.7. The molecule has 1 atom stereocenters. The van der Waals surface area contributed by atoms with E-state index >= 15 is 0 Å².